The Morgan fingerprint density at radius 1 is 0.396 bits per heavy atom. The first-order valence-electron chi connectivity index (χ1n) is 42.6. The number of halogens is 5. The van der Waals surface area contributed by atoms with Crippen molar-refractivity contribution in [1.29, 1.82) is 0 Å². The number of hydrogen-bond donors (Lipinski definition) is 1. The molecule has 0 amide bonds. The van der Waals surface area contributed by atoms with Gasteiger partial charge in [-0.15, -0.1) is 6.42 Å². The van der Waals surface area contributed by atoms with Crippen LogP contribution in [0.3, 0.4) is 0 Å². The maximum atomic E-state index is 13.0. The van der Waals surface area contributed by atoms with E-state index in [-0.39, 0.29) is 46.2 Å². The number of nitrogens with zero attached hydrogens (tertiary/aromatic N) is 22. The van der Waals surface area contributed by atoms with Crippen molar-refractivity contribution < 1.29 is 14.3 Å². The van der Waals surface area contributed by atoms with Crippen LogP contribution in [0.5, 0.6) is 0 Å². The number of thioether (sulfide) groups is 5. The molecule has 0 aliphatic carbocycles. The molecule has 0 unspecified atom stereocenters. The van der Waals surface area contributed by atoms with Gasteiger partial charge in [-0.3, -0.25) is 79.4 Å². The van der Waals surface area contributed by atoms with Crippen molar-refractivity contribution >= 4 is 200 Å². The van der Waals surface area contributed by atoms with E-state index in [1.807, 2.05) is 165 Å². The predicted octanol–water partition coefficient (Wildman–Crippen LogP) is 12.2. The van der Waals surface area contributed by atoms with Gasteiger partial charge in [-0.25, -0.2) is 53.9 Å². The number of esters is 1. The first-order chi connectivity index (χ1) is 66.3. The fourth-order valence-corrected chi connectivity index (χ4v) is 21.2. The monoisotopic (exact) mass is 2300 g/mol. The van der Waals surface area contributed by atoms with E-state index in [2.05, 4.69) is 125 Å². The third-order valence-corrected chi connectivity index (χ3v) is 29.3. The van der Waals surface area contributed by atoms with Gasteiger partial charge < -0.3 is 37.3 Å². The molecule has 17 aromatic rings. The van der Waals surface area contributed by atoms with Crippen LogP contribution < -0.4 is 56.2 Å². The summed E-state index contributed by atoms with van der Waals surface area (Å²) < 4.78 is 36.1. The van der Waals surface area contributed by atoms with Gasteiger partial charge in [0.2, 0.25) is 0 Å². The van der Waals surface area contributed by atoms with Crippen LogP contribution in [0.4, 0.5) is 0 Å². The molecule has 46 heteroatoms. The summed E-state index contributed by atoms with van der Waals surface area (Å²) in [5.41, 5.74) is 5.97. The Hall–Kier alpha value is -11.7. The number of imidazole rings is 6. The summed E-state index contributed by atoms with van der Waals surface area (Å²) in [6.07, 6.45) is 12.4. The molecular formula is C93H94Br5N23O13S5. The maximum Gasteiger partial charge on any atom is 0.332 e. The standard InChI is InChI=1S/C20H18BrN5O2S.C20H23BrN4O4S.C18H17BrN6O2S.C18H21BrN4O3S.C17H15BrN4O2S/c1-24-17-16(18(27)25(2)20(24)28)26(11-13-5-3-7-15(21)9-13)19(23-17)29-12-14-6-4-8-22-10-14;1-6-29-17(27)20(2,3)30-18-22-15-14(16(26)24(5)19(28)23(15)4)25(18)11-12-8-7-9-13(21)10-12;1-23-15-14(16(26)24(2)18(23)27)25(9-11-4-3-5-12(19)8-11)17(22-15)28-10-13-20-6-7-21-13;1-4-26-8-9-27-17-20-15-14(16(24)22(3)18(25)21(15)2)23(17)11-12-6-5-7-13(19)10-12;1-4-8-25-16-19-14-13(15(23)21(3)17(24)20(14)2)22(16)10-11-6-5-7-12(18)9-11/h3-10H,11-12H2,1-2H3;7-10H,6,11H2,1-5H3;3-8H,9-10H2,1-2H3,(H,20,21);5-7,10H,4,8-9,11H2,1-3H3;1,5-7,9H,8,10H2,2-3H3. The van der Waals surface area contributed by atoms with Crippen LogP contribution in [-0.2, 0) is 129 Å². The molecule has 0 fully saturated rings. The molecule has 12 heterocycles. The fraction of sp³-hybridized carbons (Fsp3) is 0.290. The first kappa shape index (κ1) is 105. The quantitative estimate of drug-likeness (QED) is 0.0216. The van der Waals surface area contributed by atoms with Crippen molar-refractivity contribution in [2.24, 2.45) is 70.5 Å². The second-order valence-electron chi connectivity index (χ2n) is 31.8. The molecular weight excluding hydrogens is 2210 g/mol. The number of carbonyl (C=O) groups is 1. The van der Waals surface area contributed by atoms with E-state index < -0.39 is 33.1 Å². The van der Waals surface area contributed by atoms with Crippen LogP contribution in [0.1, 0.15) is 66.9 Å². The number of ether oxygens (including phenoxy) is 2. The lowest BCUT2D eigenvalue weighted by molar-refractivity contribution is -0.145. The molecule has 0 saturated carbocycles. The zero-order chi connectivity index (χ0) is 100. The van der Waals surface area contributed by atoms with Crippen LogP contribution in [0.25, 0.3) is 55.8 Å². The summed E-state index contributed by atoms with van der Waals surface area (Å²) in [4.78, 5) is 173. The van der Waals surface area contributed by atoms with Gasteiger partial charge in [0.25, 0.3) is 27.8 Å². The summed E-state index contributed by atoms with van der Waals surface area (Å²) in [5, 5.41) is 3.11. The maximum absolute atomic E-state index is 13.0. The summed E-state index contributed by atoms with van der Waals surface area (Å²) in [5.74, 6) is 5.37. The molecule has 5 aromatic carbocycles. The lowest BCUT2D eigenvalue weighted by Gasteiger charge is -2.21. The zero-order valence-electron chi connectivity index (χ0n) is 77.7. The highest BCUT2D eigenvalue weighted by Crippen LogP contribution is 2.36. The second-order valence-corrected chi connectivity index (χ2v) is 41.8. The van der Waals surface area contributed by atoms with Crippen LogP contribution in [0, 0.1) is 12.3 Å². The molecule has 724 valence electrons. The van der Waals surface area contributed by atoms with Gasteiger partial charge >= 0.3 is 34.4 Å². The molecule has 0 spiro atoms. The Kier molecular flexibility index (Phi) is 34.8. The first-order valence-corrected chi connectivity index (χ1v) is 51.4. The van der Waals surface area contributed by atoms with E-state index in [0.717, 1.165) is 84.4 Å². The summed E-state index contributed by atoms with van der Waals surface area (Å²) in [7, 11) is 15.4. The van der Waals surface area contributed by atoms with Crippen molar-refractivity contribution in [2.75, 3.05) is 31.3 Å². The Balaban J connectivity index is 0.000000147. The summed E-state index contributed by atoms with van der Waals surface area (Å²) in [6.45, 7) is 10.9. The van der Waals surface area contributed by atoms with Gasteiger partial charge in [0.1, 0.15) is 10.6 Å². The van der Waals surface area contributed by atoms with Crippen LogP contribution in [0.15, 0.2) is 254 Å². The average molecular weight is 2300 g/mol. The van der Waals surface area contributed by atoms with Crippen molar-refractivity contribution in [3.63, 3.8) is 0 Å². The van der Waals surface area contributed by atoms with Gasteiger partial charge in [0, 0.05) is 136 Å². The van der Waals surface area contributed by atoms with Crippen molar-refractivity contribution in [3.8, 4) is 12.3 Å². The van der Waals surface area contributed by atoms with Gasteiger partial charge in [-0.2, -0.15) is 0 Å². The highest BCUT2D eigenvalue weighted by atomic mass is 79.9. The largest absolute Gasteiger partial charge is 0.465 e. The summed E-state index contributed by atoms with van der Waals surface area (Å²) >= 11 is 24.4. The lowest BCUT2D eigenvalue weighted by Crippen LogP contribution is -2.37. The Bertz CT molecular complexity index is 8240. The molecule has 139 heavy (non-hydrogen) atoms. The van der Waals surface area contributed by atoms with Crippen LogP contribution in [-0.4, -0.2) is 150 Å². The lowest BCUT2D eigenvalue weighted by atomic mass is 10.2. The molecule has 17 rings (SSSR count). The number of terminal acetylenes is 1. The topological polar surface area (TPSA) is 386 Å². The van der Waals surface area contributed by atoms with Gasteiger partial charge in [-0.1, -0.05) is 211 Å². The number of pyridine rings is 1. The molecule has 1 N–H and O–H groups in total. The average Bonchev–Trinajstić information content (AvgIpc) is 1.61. The van der Waals surface area contributed by atoms with Crippen LogP contribution >= 0.6 is 138 Å². The number of carbonyl (C=O) groups excluding carboxylic acids is 1. The Labute approximate surface area is 856 Å². The van der Waals surface area contributed by atoms with Crippen molar-refractivity contribution in [2.45, 2.75) is 102 Å². The van der Waals surface area contributed by atoms with Crippen LogP contribution in [0.2, 0.25) is 0 Å². The normalized spacial score (nSPS) is 11.4. The molecule has 12 aromatic heterocycles. The number of nitrogens with one attached hydrogen (secondary N) is 1. The van der Waals surface area contributed by atoms with Gasteiger partial charge in [0.05, 0.1) is 57.4 Å². The molecule has 36 nitrogen and oxygen atoms in total. The van der Waals surface area contributed by atoms with E-state index in [1.165, 1.54) is 117 Å². The number of aromatic nitrogens is 23. The summed E-state index contributed by atoms with van der Waals surface area (Å²) in [6, 6.07) is 43.1. The molecule has 0 aliphatic rings. The van der Waals surface area contributed by atoms with Crippen molar-refractivity contribution in [3.05, 3.63) is 324 Å². The number of fused-ring (bicyclic) bond motifs is 5. The van der Waals surface area contributed by atoms with Crippen molar-refractivity contribution in [1.82, 2.24) is 108 Å². The van der Waals surface area contributed by atoms with Gasteiger partial charge in [0.15, 0.2) is 81.6 Å². The number of hydrogen-bond acceptors (Lipinski definition) is 25. The predicted molar refractivity (Wildman–Crippen MR) is 563 cm³/mol. The number of aryl methyl sites for hydroxylation is 5. The molecule has 0 atom stereocenters. The number of aromatic amines is 1. The van der Waals surface area contributed by atoms with E-state index in [9.17, 15) is 52.7 Å². The number of H-pyrrole nitrogens is 1. The minimum atomic E-state index is -0.934. The minimum absolute atomic E-state index is 0.270. The molecule has 0 bridgehead atoms. The van der Waals surface area contributed by atoms with E-state index in [0.29, 0.717) is 145 Å². The third kappa shape index (κ3) is 23.7. The highest BCUT2D eigenvalue weighted by Gasteiger charge is 2.35. The SMILES string of the molecule is C#CCSc1nc2c(c(=O)n(C)c(=O)n2C)n1Cc1cccc(Br)c1.CCOC(=O)C(C)(C)Sc1nc2c(c(=O)n(C)c(=O)n2C)n1Cc1cccc(Br)c1.CCOCCSc1nc2c(c(=O)n(C)c(=O)n2C)n1Cc1cccc(Br)c1.Cn1c(=O)c2c(nc(SCc3cccnc3)n2Cc2cccc(Br)c2)n(C)c1=O.Cn1c(=O)c2c(nc(SCc3ncc[nH]3)n2Cc2cccc(Br)c2)n(C)c1=O. The fourth-order valence-electron chi connectivity index (χ4n) is 14.6. The minimum Gasteiger partial charge on any atom is -0.465 e. The third-order valence-electron chi connectivity index (χ3n) is 21.8. The number of rotatable bonds is 27. The second kappa shape index (κ2) is 46.2. The smallest absolute Gasteiger partial charge is 0.332 e. The molecule has 0 radical (unpaired) electrons. The molecule has 0 saturated heterocycles. The Morgan fingerprint density at radius 3 is 1.00 bits per heavy atom. The Morgan fingerprint density at radius 2 is 0.705 bits per heavy atom. The zero-order valence-corrected chi connectivity index (χ0v) is 89.7. The highest BCUT2D eigenvalue weighted by molar-refractivity contribution is 9.11. The van der Waals surface area contributed by atoms with E-state index in [4.69, 9.17) is 15.9 Å². The number of benzene rings is 5. The van der Waals surface area contributed by atoms with E-state index in [1.54, 1.807) is 79.2 Å². The van der Waals surface area contributed by atoms with E-state index >= 15 is 0 Å². The molecule has 0 aliphatic heterocycles. The van der Waals surface area contributed by atoms with Gasteiger partial charge in [-0.05, 0) is 128 Å².